The second-order valence-corrected chi connectivity index (χ2v) is 6.40. The van der Waals surface area contributed by atoms with Gasteiger partial charge in [0.15, 0.2) is 5.78 Å². The number of rotatable bonds is 7. The van der Waals surface area contributed by atoms with Gasteiger partial charge in [0.1, 0.15) is 11.2 Å². The molecule has 3 aromatic carbocycles. The third-order valence-electron chi connectivity index (χ3n) is 4.56. The van der Waals surface area contributed by atoms with Gasteiger partial charge < -0.3 is 10.5 Å². The summed E-state index contributed by atoms with van der Waals surface area (Å²) in [6.07, 6.45) is -8.06. The molecule has 1 fully saturated rings. The van der Waals surface area contributed by atoms with E-state index in [9.17, 15) is 13.7 Å². The lowest BCUT2D eigenvalue weighted by atomic mass is 9.64. The van der Waals surface area contributed by atoms with Gasteiger partial charge in [0.25, 0.3) is 0 Å². The number of fused-ring (bicyclic) bond motifs is 1. The molecule has 168 valence electrons. The number of ketones is 1. The highest BCUT2D eigenvalue weighted by atomic mass is 16.5. The summed E-state index contributed by atoms with van der Waals surface area (Å²) >= 11 is 0. The van der Waals surface area contributed by atoms with Crippen molar-refractivity contribution in [1.82, 2.24) is 4.90 Å². The molecule has 0 spiro atoms. The lowest BCUT2D eigenvalue weighted by Crippen LogP contribution is -2.49. The van der Waals surface area contributed by atoms with Crippen LogP contribution in [0.5, 0.6) is 5.75 Å². The molecular weight excluding hydrogens is 412 g/mol. The van der Waals surface area contributed by atoms with E-state index in [4.69, 9.17) is 42.0 Å². The molecule has 2 N–H and O–H groups in total. The molecule has 1 amide bonds. The highest BCUT2D eigenvalue weighted by Crippen LogP contribution is 2.43. The first-order valence-corrected chi connectivity index (χ1v) is 9.03. The van der Waals surface area contributed by atoms with E-state index in [1.165, 1.54) is 0 Å². The van der Waals surface area contributed by atoms with Gasteiger partial charge in [-0.25, -0.2) is 0 Å². The summed E-state index contributed by atoms with van der Waals surface area (Å²) in [4.78, 5) is 27.7. The molecule has 0 saturated carbocycles. The van der Waals surface area contributed by atoms with Crippen molar-refractivity contribution in [2.75, 3.05) is 26.0 Å². The molecular formula is C28H28N2O3. The first-order valence-electron chi connectivity index (χ1n) is 22.0. The van der Waals surface area contributed by atoms with Crippen molar-refractivity contribution in [2.45, 2.75) is 18.2 Å². The summed E-state index contributed by atoms with van der Waals surface area (Å²) in [7, 11) is 0. The fourth-order valence-electron chi connectivity index (χ4n) is 3.09. The predicted molar refractivity (Wildman–Crippen MR) is 127 cm³/mol. The van der Waals surface area contributed by atoms with Crippen LogP contribution in [-0.4, -0.2) is 42.6 Å². The summed E-state index contributed by atoms with van der Waals surface area (Å²) in [5.41, 5.74) is -4.91. The van der Waals surface area contributed by atoms with Crippen molar-refractivity contribution in [2.24, 2.45) is 11.6 Å². The molecule has 1 saturated heterocycles. The molecule has 3 aromatic rings. The third kappa shape index (κ3) is 3.83. The van der Waals surface area contributed by atoms with Crippen LogP contribution >= 0.6 is 0 Å². The topological polar surface area (TPSA) is 72.6 Å². The fraction of sp³-hybridized carbons (Fsp3) is 0.286. The van der Waals surface area contributed by atoms with E-state index in [1.807, 2.05) is 0 Å². The molecule has 0 unspecified atom stereocenters. The standard InChI is InChI=1S/C28H28N2O3/c29-27(32)28(22-7-3-1-4-8-22,23-9-5-2-6-10-23)24-13-15-30(18-24)19-25(31)20-11-12-26-21(17-20)14-16-33-26/h1-12,17,24H,13-16,18-19H2,(H2,29,32)/t24-/m1/s1/i1D,2D,3D,4D,5D,6D,7D,8D,9D,10D,11D,12D,13D2,14D2,15D2,16D2,17D,18D2,19D2,24D. The summed E-state index contributed by atoms with van der Waals surface area (Å²) in [6.45, 7) is -17.2. The number of likely N-dealkylation sites (tertiary alicyclic amines) is 1. The lowest BCUT2D eigenvalue weighted by molar-refractivity contribution is -0.123. The Morgan fingerprint density at radius 1 is 1.12 bits per heavy atom. The summed E-state index contributed by atoms with van der Waals surface area (Å²) in [5.74, 6) is -10.7. The van der Waals surface area contributed by atoms with Crippen molar-refractivity contribution in [3.8, 4) is 5.75 Å². The molecule has 1 atom stereocenters. The van der Waals surface area contributed by atoms with Gasteiger partial charge in [0.2, 0.25) is 5.91 Å². The molecule has 5 rings (SSSR count). The van der Waals surface area contributed by atoms with Crippen LogP contribution in [-0.2, 0) is 16.6 Å². The van der Waals surface area contributed by atoms with E-state index in [0.717, 1.165) is 0 Å². The number of hydrogen-bond acceptors (Lipinski definition) is 4. The van der Waals surface area contributed by atoms with E-state index >= 15 is 0 Å². The number of Topliss-reactive ketones (excluding diaryl/α,β-unsaturated/α-hetero) is 1. The first kappa shape index (κ1) is 6.80. The smallest absolute Gasteiger partial charge is 0.232 e. The second-order valence-electron chi connectivity index (χ2n) is 6.40. The minimum Gasteiger partial charge on any atom is -0.493 e. The van der Waals surface area contributed by atoms with Crippen LogP contribution in [0.2, 0.25) is 0 Å². The van der Waals surface area contributed by atoms with Crippen LogP contribution in [0.3, 0.4) is 0 Å². The van der Waals surface area contributed by atoms with Crippen molar-refractivity contribution >= 4 is 11.7 Å². The summed E-state index contributed by atoms with van der Waals surface area (Å²) in [5, 5.41) is 0. The minimum atomic E-state index is -4.79. The molecule has 5 nitrogen and oxygen atoms in total. The Morgan fingerprint density at radius 3 is 2.42 bits per heavy atom. The van der Waals surface area contributed by atoms with E-state index in [0.29, 0.717) is 0 Å². The van der Waals surface area contributed by atoms with Crippen molar-refractivity contribution in [1.29, 1.82) is 0 Å². The molecule has 0 bridgehead atoms. The van der Waals surface area contributed by atoms with Crippen LogP contribution in [0.1, 0.15) is 69.1 Å². The monoisotopic (exact) mass is 466 g/mol. The fourth-order valence-corrected chi connectivity index (χ4v) is 3.09. The molecule has 33 heavy (non-hydrogen) atoms. The Hall–Kier alpha value is -3.44. The van der Waals surface area contributed by atoms with E-state index in [1.54, 1.807) is 0 Å². The number of carbonyl (C=O) groups excluding carboxylic acids is 2. The number of benzene rings is 3. The molecule has 0 aliphatic carbocycles. The van der Waals surface area contributed by atoms with Crippen LogP contribution in [0.15, 0.2) is 78.6 Å². The number of ether oxygens (including phenoxy) is 1. The van der Waals surface area contributed by atoms with Gasteiger partial charge in [0, 0.05) is 30.8 Å². The molecule has 0 aromatic heterocycles. The summed E-state index contributed by atoms with van der Waals surface area (Å²) < 4.78 is 229. The Labute approximate surface area is 230 Å². The maximum atomic E-state index is 14.3. The zero-order valence-electron chi connectivity index (χ0n) is 42.2. The van der Waals surface area contributed by atoms with E-state index in [2.05, 4.69) is 0 Å². The van der Waals surface area contributed by atoms with Crippen molar-refractivity contribution in [3.63, 3.8) is 0 Å². The average Bonchev–Trinajstić information content (AvgIpc) is 3.36. The highest BCUT2D eigenvalue weighted by molar-refractivity contribution is 5.98. The molecule has 2 aliphatic rings. The number of nitrogens with zero attached hydrogens (tertiary/aromatic N) is 1. The van der Waals surface area contributed by atoms with Crippen LogP contribution < -0.4 is 10.5 Å². The van der Waals surface area contributed by atoms with Crippen molar-refractivity contribution < 1.29 is 50.0 Å². The Balaban J connectivity index is 2.01. The van der Waals surface area contributed by atoms with Gasteiger partial charge in [0.05, 0.1) is 36.4 Å². The van der Waals surface area contributed by atoms with Gasteiger partial charge in [-0.2, -0.15) is 0 Å². The van der Waals surface area contributed by atoms with Crippen molar-refractivity contribution in [3.05, 3.63) is 101 Å². The third-order valence-corrected chi connectivity index (χ3v) is 4.56. The van der Waals surface area contributed by atoms with E-state index in [-0.39, 0.29) is 0 Å². The molecule has 0 radical (unpaired) electrons. The first-order chi connectivity index (χ1) is 26.4. The van der Waals surface area contributed by atoms with Gasteiger partial charge in [-0.1, -0.05) is 60.4 Å². The number of amides is 1. The maximum Gasteiger partial charge on any atom is 0.232 e. The number of nitrogens with two attached hydrogens (primary N) is 1. The largest absolute Gasteiger partial charge is 0.493 e. The average molecular weight is 467 g/mol. The number of primary amides is 1. The van der Waals surface area contributed by atoms with Gasteiger partial charge in [-0.3, -0.25) is 14.5 Å². The molecule has 5 heteroatoms. The highest BCUT2D eigenvalue weighted by Gasteiger charge is 2.49. The van der Waals surface area contributed by atoms with E-state index < -0.39 is 173 Å². The molecule has 2 aliphatic heterocycles. The zero-order chi connectivity index (χ0) is 45.8. The summed E-state index contributed by atoms with van der Waals surface area (Å²) in [6, 6.07) is -18.9. The Morgan fingerprint density at radius 2 is 1.79 bits per heavy atom. The number of carbonyl (C=O) groups is 2. The van der Waals surface area contributed by atoms with Crippen LogP contribution in [0.25, 0.3) is 0 Å². The normalized spacial score (nSPS) is 39.6. The van der Waals surface area contributed by atoms with Gasteiger partial charge >= 0.3 is 0 Å². The lowest BCUT2D eigenvalue weighted by Gasteiger charge is -2.37. The Bertz CT molecular complexity index is 2290. The van der Waals surface area contributed by atoms with Crippen LogP contribution in [0.4, 0.5) is 0 Å². The quantitative estimate of drug-likeness (QED) is 0.540. The Kier molecular flexibility index (Phi) is 1.82. The van der Waals surface area contributed by atoms with Gasteiger partial charge in [-0.15, -0.1) is 0 Å². The SMILES string of the molecule is [2H]c1c([2H])c([2H])c(C(C(N)=O)(c2c([2H])c([2H])c([2H])c([2H])c2[2H])[C@@]2([2H])C([2H])([2H])N(C([2H])([2H])C(=O)c3c([2H])c([2H])c4c(c3[2H])C([2H])([2H])C([2H])([2H])O4)C([2H])([2H])C2([2H])[2H])c([2H])c1[2H]. The van der Waals surface area contributed by atoms with Crippen LogP contribution in [0, 0.1) is 5.89 Å². The number of hydrogen-bond donors (Lipinski definition) is 1. The van der Waals surface area contributed by atoms with Gasteiger partial charge in [-0.05, 0) is 53.6 Å². The maximum absolute atomic E-state index is 14.3. The zero-order valence-corrected chi connectivity index (χ0v) is 16.2. The minimum absolute atomic E-state index is 0.967. The predicted octanol–water partition coefficient (Wildman–Crippen LogP) is 3.60. The molecule has 2 heterocycles. The second kappa shape index (κ2) is 8.83.